The molecule has 19 heavy (non-hydrogen) atoms. The molecule has 2 N–H and O–H groups in total. The smallest absolute Gasteiger partial charge is 0.259 e. The van der Waals surface area contributed by atoms with Crippen molar-refractivity contribution in [3.05, 3.63) is 17.0 Å². The van der Waals surface area contributed by atoms with Crippen LogP contribution >= 0.6 is 0 Å². The molecule has 2 rings (SSSR count). The van der Waals surface area contributed by atoms with E-state index in [9.17, 15) is 4.79 Å². The van der Waals surface area contributed by atoms with Gasteiger partial charge >= 0.3 is 0 Å². The van der Waals surface area contributed by atoms with Gasteiger partial charge in [0.05, 0.1) is 5.69 Å². The summed E-state index contributed by atoms with van der Waals surface area (Å²) < 4.78 is 5.10. The summed E-state index contributed by atoms with van der Waals surface area (Å²) in [6, 6.07) is 0.593. The summed E-state index contributed by atoms with van der Waals surface area (Å²) in [7, 11) is 0. The Morgan fingerprint density at radius 3 is 2.47 bits per heavy atom. The van der Waals surface area contributed by atoms with Crippen molar-refractivity contribution in [3.63, 3.8) is 0 Å². The Labute approximate surface area is 114 Å². The second kappa shape index (κ2) is 5.74. The van der Waals surface area contributed by atoms with E-state index in [4.69, 9.17) is 10.3 Å². The van der Waals surface area contributed by atoms with Gasteiger partial charge in [-0.2, -0.15) is 0 Å². The van der Waals surface area contributed by atoms with Crippen molar-refractivity contribution in [3.8, 4) is 0 Å². The number of aromatic nitrogens is 1. The lowest BCUT2D eigenvalue weighted by Crippen LogP contribution is -2.44. The van der Waals surface area contributed by atoms with Crippen LogP contribution in [0.3, 0.4) is 0 Å². The minimum absolute atomic E-state index is 0.0409. The summed E-state index contributed by atoms with van der Waals surface area (Å²) in [5.74, 6) is 0.646. The molecule has 1 fully saturated rings. The van der Waals surface area contributed by atoms with Crippen molar-refractivity contribution in [2.24, 2.45) is 5.73 Å². The standard InChI is InChI=1S/C14H23N3O2/c1-4-17(12-7-5-11(15)6-8-12)14(18)13-9(2)16-19-10(13)3/h11-12H,4-8,15H2,1-3H3. The summed E-state index contributed by atoms with van der Waals surface area (Å²) in [5, 5.41) is 3.87. The van der Waals surface area contributed by atoms with Crippen LogP contribution in [0.5, 0.6) is 0 Å². The number of rotatable bonds is 3. The third kappa shape index (κ3) is 2.81. The normalized spacial score (nSPS) is 23.4. The van der Waals surface area contributed by atoms with Crippen LogP contribution in [0.4, 0.5) is 0 Å². The first-order valence-corrected chi connectivity index (χ1v) is 7.04. The maximum Gasteiger partial charge on any atom is 0.259 e. The Kier molecular flexibility index (Phi) is 4.24. The highest BCUT2D eigenvalue weighted by molar-refractivity contribution is 5.96. The van der Waals surface area contributed by atoms with Gasteiger partial charge in [-0.25, -0.2) is 0 Å². The Morgan fingerprint density at radius 1 is 1.37 bits per heavy atom. The number of nitrogens with two attached hydrogens (primary N) is 1. The van der Waals surface area contributed by atoms with Crippen molar-refractivity contribution in [1.29, 1.82) is 0 Å². The van der Waals surface area contributed by atoms with Crippen molar-refractivity contribution < 1.29 is 9.32 Å². The van der Waals surface area contributed by atoms with E-state index in [0.717, 1.165) is 25.7 Å². The predicted molar refractivity (Wildman–Crippen MR) is 72.9 cm³/mol. The Balaban J connectivity index is 2.16. The van der Waals surface area contributed by atoms with Crippen LogP contribution in [0.2, 0.25) is 0 Å². The van der Waals surface area contributed by atoms with Crippen LogP contribution in [0.25, 0.3) is 0 Å². The SMILES string of the molecule is CCN(C(=O)c1c(C)noc1C)C1CCC(N)CC1. The topological polar surface area (TPSA) is 72.4 Å². The van der Waals surface area contributed by atoms with Crippen molar-refractivity contribution >= 4 is 5.91 Å². The number of nitrogens with zero attached hydrogens (tertiary/aromatic N) is 2. The molecule has 1 aromatic rings. The number of aryl methyl sites for hydroxylation is 2. The molecule has 106 valence electrons. The summed E-state index contributed by atoms with van der Waals surface area (Å²) in [6.45, 7) is 6.33. The number of hydrogen-bond donors (Lipinski definition) is 1. The van der Waals surface area contributed by atoms with Crippen molar-refractivity contribution in [2.75, 3.05) is 6.54 Å². The van der Waals surface area contributed by atoms with Crippen molar-refractivity contribution in [1.82, 2.24) is 10.1 Å². The molecular formula is C14H23N3O2. The molecule has 0 bridgehead atoms. The van der Waals surface area contributed by atoms with Crippen LogP contribution in [0.1, 0.15) is 54.4 Å². The van der Waals surface area contributed by atoms with Gasteiger partial charge in [-0.3, -0.25) is 4.79 Å². The fourth-order valence-electron chi connectivity index (χ4n) is 2.91. The highest BCUT2D eigenvalue weighted by atomic mass is 16.5. The van der Waals surface area contributed by atoms with Crippen LogP contribution in [0, 0.1) is 13.8 Å². The number of carbonyl (C=O) groups is 1. The highest BCUT2D eigenvalue weighted by Crippen LogP contribution is 2.25. The molecule has 1 amide bonds. The third-order valence-corrected chi connectivity index (χ3v) is 4.03. The number of hydrogen-bond acceptors (Lipinski definition) is 4. The van der Waals surface area contributed by atoms with E-state index in [2.05, 4.69) is 5.16 Å². The van der Waals surface area contributed by atoms with Crippen LogP contribution in [-0.2, 0) is 0 Å². The first kappa shape index (κ1) is 14.1. The lowest BCUT2D eigenvalue weighted by atomic mass is 9.90. The van der Waals surface area contributed by atoms with Gasteiger partial charge in [0.15, 0.2) is 0 Å². The lowest BCUT2D eigenvalue weighted by molar-refractivity contribution is 0.0638. The van der Waals surface area contributed by atoms with Gasteiger partial charge in [-0.1, -0.05) is 5.16 Å². The van der Waals surface area contributed by atoms with E-state index in [1.807, 2.05) is 18.7 Å². The molecule has 0 spiro atoms. The molecule has 0 radical (unpaired) electrons. The molecule has 0 aliphatic heterocycles. The molecule has 0 atom stereocenters. The minimum Gasteiger partial charge on any atom is -0.361 e. The second-order valence-corrected chi connectivity index (χ2v) is 5.36. The van der Waals surface area contributed by atoms with Crippen LogP contribution in [0.15, 0.2) is 4.52 Å². The molecular weight excluding hydrogens is 242 g/mol. The molecule has 5 nitrogen and oxygen atoms in total. The van der Waals surface area contributed by atoms with Crippen LogP contribution in [-0.4, -0.2) is 34.6 Å². The summed E-state index contributed by atoms with van der Waals surface area (Å²) >= 11 is 0. The van der Waals surface area contributed by atoms with E-state index in [1.54, 1.807) is 6.92 Å². The van der Waals surface area contributed by atoms with Gasteiger partial charge in [0.2, 0.25) is 0 Å². The average Bonchev–Trinajstić information content (AvgIpc) is 2.72. The summed E-state index contributed by atoms with van der Waals surface area (Å²) in [4.78, 5) is 14.6. The van der Waals surface area contributed by atoms with Gasteiger partial charge in [-0.15, -0.1) is 0 Å². The highest BCUT2D eigenvalue weighted by Gasteiger charge is 2.30. The van der Waals surface area contributed by atoms with E-state index in [-0.39, 0.29) is 5.91 Å². The van der Waals surface area contributed by atoms with Gasteiger partial charge in [0.25, 0.3) is 5.91 Å². The fraction of sp³-hybridized carbons (Fsp3) is 0.714. The molecule has 1 saturated carbocycles. The first-order valence-electron chi connectivity index (χ1n) is 7.04. The molecule has 0 unspecified atom stereocenters. The molecule has 1 aliphatic carbocycles. The van der Waals surface area contributed by atoms with E-state index in [0.29, 0.717) is 35.6 Å². The molecule has 0 aromatic carbocycles. The molecule has 1 aromatic heterocycles. The van der Waals surface area contributed by atoms with E-state index in [1.165, 1.54) is 0 Å². The number of amides is 1. The summed E-state index contributed by atoms with van der Waals surface area (Å²) in [6.07, 6.45) is 3.97. The van der Waals surface area contributed by atoms with Gasteiger partial charge in [0.1, 0.15) is 11.3 Å². The Bertz CT molecular complexity index is 428. The zero-order chi connectivity index (χ0) is 14.0. The molecule has 1 heterocycles. The van der Waals surface area contributed by atoms with Crippen LogP contribution < -0.4 is 5.73 Å². The van der Waals surface area contributed by atoms with E-state index < -0.39 is 0 Å². The zero-order valence-electron chi connectivity index (χ0n) is 12.0. The molecule has 0 saturated heterocycles. The molecule has 1 aliphatic rings. The Hall–Kier alpha value is -1.36. The Morgan fingerprint density at radius 2 is 2.00 bits per heavy atom. The fourth-order valence-corrected chi connectivity index (χ4v) is 2.91. The minimum atomic E-state index is 0.0409. The second-order valence-electron chi connectivity index (χ2n) is 5.36. The molecule has 5 heteroatoms. The maximum absolute atomic E-state index is 12.7. The zero-order valence-corrected chi connectivity index (χ0v) is 12.0. The largest absolute Gasteiger partial charge is 0.361 e. The monoisotopic (exact) mass is 265 g/mol. The maximum atomic E-state index is 12.7. The predicted octanol–water partition coefficient (Wildman–Crippen LogP) is 2.02. The summed E-state index contributed by atoms with van der Waals surface area (Å²) in [5.41, 5.74) is 7.23. The quantitative estimate of drug-likeness (QED) is 0.907. The van der Waals surface area contributed by atoms with E-state index >= 15 is 0 Å². The van der Waals surface area contributed by atoms with Gasteiger partial charge in [-0.05, 0) is 46.5 Å². The lowest BCUT2D eigenvalue weighted by Gasteiger charge is -2.35. The van der Waals surface area contributed by atoms with Gasteiger partial charge < -0.3 is 15.2 Å². The first-order chi connectivity index (χ1) is 9.04. The van der Waals surface area contributed by atoms with Gasteiger partial charge in [0, 0.05) is 18.6 Å². The number of carbonyl (C=O) groups excluding carboxylic acids is 1. The third-order valence-electron chi connectivity index (χ3n) is 4.03. The van der Waals surface area contributed by atoms with Crippen molar-refractivity contribution in [2.45, 2.75) is 58.5 Å². The average molecular weight is 265 g/mol.